The maximum Gasteiger partial charge on any atom is 0.119 e. The molecule has 2 heteroatoms. The molecule has 0 unspecified atom stereocenters. The summed E-state index contributed by atoms with van der Waals surface area (Å²) in [5, 5.41) is 14.2. The highest BCUT2D eigenvalue weighted by molar-refractivity contribution is 5.98. The molecule has 0 aliphatic rings. The van der Waals surface area contributed by atoms with Crippen LogP contribution < -0.4 is 4.74 Å². The molecule has 1 N–H and O–H groups in total. The minimum absolute atomic E-state index is 0.267. The van der Waals surface area contributed by atoms with Crippen LogP contribution in [0.25, 0.3) is 21.5 Å². The predicted octanol–water partition coefficient (Wildman–Crippen LogP) is 6.35. The summed E-state index contributed by atoms with van der Waals surface area (Å²) in [6.07, 6.45) is 1.10. The van der Waals surface area contributed by atoms with E-state index in [0.29, 0.717) is 6.61 Å². The fourth-order valence-electron chi connectivity index (χ4n) is 2.92. The van der Waals surface area contributed by atoms with Gasteiger partial charge in [-0.2, -0.15) is 0 Å². The molecule has 0 aliphatic carbocycles. The topological polar surface area (TPSA) is 29.5 Å². The Bertz CT molecular complexity index is 988. The minimum Gasteiger partial charge on any atom is -0.508 e. The third kappa shape index (κ3) is 4.34. The summed E-state index contributed by atoms with van der Waals surface area (Å²) in [6, 6.07) is 26.5. The lowest BCUT2D eigenvalue weighted by Crippen LogP contribution is -1.89. The Kier molecular flexibility index (Phi) is 5.75. The van der Waals surface area contributed by atoms with Crippen LogP contribution in [0.3, 0.4) is 0 Å². The Hall–Kier alpha value is -3.00. The molecule has 0 atom stereocenters. The number of phenolic OH excluding ortho intramolecular Hbond substituents is 1. The standard InChI is InChI=1S/C16H14.C8H10O2/c1-2-12-7-8-15-10-13-5-3-4-6-14(13)11-16(15)9-12;1-2-10-8-5-3-7(9)4-6-8/h3-11H,2H2,1H3;3-6,9H,2H2,1H3. The summed E-state index contributed by atoms with van der Waals surface area (Å²) in [6.45, 7) is 4.78. The van der Waals surface area contributed by atoms with Crippen LogP contribution in [0.4, 0.5) is 0 Å². The largest absolute Gasteiger partial charge is 0.508 e. The molecule has 2 nitrogen and oxygen atoms in total. The summed E-state index contributed by atoms with van der Waals surface area (Å²) in [5.41, 5.74) is 1.41. The number of hydrogen-bond acceptors (Lipinski definition) is 2. The third-order valence-electron chi connectivity index (χ3n) is 4.33. The van der Waals surface area contributed by atoms with Crippen LogP contribution in [-0.2, 0) is 6.42 Å². The zero-order valence-corrected chi connectivity index (χ0v) is 15.3. The summed E-state index contributed by atoms with van der Waals surface area (Å²) < 4.78 is 5.15. The average Bonchev–Trinajstić information content (AvgIpc) is 2.68. The van der Waals surface area contributed by atoms with Gasteiger partial charge in [-0.15, -0.1) is 0 Å². The smallest absolute Gasteiger partial charge is 0.119 e. The van der Waals surface area contributed by atoms with E-state index in [-0.39, 0.29) is 5.75 Å². The van der Waals surface area contributed by atoms with E-state index in [9.17, 15) is 0 Å². The van der Waals surface area contributed by atoms with Crippen LogP contribution >= 0.6 is 0 Å². The zero-order valence-electron chi connectivity index (χ0n) is 15.3. The van der Waals surface area contributed by atoms with E-state index in [1.807, 2.05) is 6.92 Å². The Morgan fingerprint density at radius 3 is 1.92 bits per heavy atom. The fraction of sp³-hybridized carbons (Fsp3) is 0.167. The van der Waals surface area contributed by atoms with Gasteiger partial charge in [-0.1, -0.05) is 49.4 Å². The lowest BCUT2D eigenvalue weighted by atomic mass is 10.0. The number of benzene rings is 4. The van der Waals surface area contributed by atoms with E-state index in [2.05, 4.69) is 61.5 Å². The number of hydrogen-bond donors (Lipinski definition) is 1. The Morgan fingerprint density at radius 1 is 0.692 bits per heavy atom. The molecule has 0 amide bonds. The summed E-state index contributed by atoms with van der Waals surface area (Å²) in [5.74, 6) is 1.06. The normalized spacial score (nSPS) is 10.4. The van der Waals surface area contributed by atoms with Crippen molar-refractivity contribution in [1.29, 1.82) is 0 Å². The van der Waals surface area contributed by atoms with Gasteiger partial charge in [0.1, 0.15) is 11.5 Å². The predicted molar refractivity (Wildman–Crippen MR) is 110 cm³/mol. The molecule has 0 aromatic heterocycles. The van der Waals surface area contributed by atoms with Gasteiger partial charge in [0.25, 0.3) is 0 Å². The highest BCUT2D eigenvalue weighted by Crippen LogP contribution is 2.23. The van der Waals surface area contributed by atoms with Crippen molar-refractivity contribution in [3.63, 3.8) is 0 Å². The molecule has 0 heterocycles. The van der Waals surface area contributed by atoms with E-state index in [0.717, 1.165) is 12.2 Å². The second kappa shape index (κ2) is 8.39. The number of phenols is 1. The Labute approximate surface area is 154 Å². The van der Waals surface area contributed by atoms with Gasteiger partial charge in [0, 0.05) is 0 Å². The molecule has 0 aliphatic heterocycles. The molecule has 4 aromatic rings. The lowest BCUT2D eigenvalue weighted by Gasteiger charge is -2.04. The van der Waals surface area contributed by atoms with Crippen molar-refractivity contribution in [1.82, 2.24) is 0 Å². The molecule has 26 heavy (non-hydrogen) atoms. The van der Waals surface area contributed by atoms with Crippen molar-refractivity contribution in [3.8, 4) is 11.5 Å². The first-order valence-corrected chi connectivity index (χ1v) is 9.03. The van der Waals surface area contributed by atoms with Crippen LogP contribution in [0.5, 0.6) is 11.5 Å². The Balaban J connectivity index is 0.000000170. The molecule has 132 valence electrons. The average molecular weight is 344 g/mol. The number of ether oxygens (including phenoxy) is 1. The van der Waals surface area contributed by atoms with Gasteiger partial charge in [-0.05, 0) is 76.9 Å². The molecule has 4 rings (SSSR count). The van der Waals surface area contributed by atoms with Crippen molar-refractivity contribution in [3.05, 3.63) is 84.4 Å². The molecular formula is C24H24O2. The first-order chi connectivity index (χ1) is 12.7. The molecule has 0 bridgehead atoms. The maximum atomic E-state index is 8.87. The number of rotatable bonds is 3. The second-order valence-corrected chi connectivity index (χ2v) is 6.16. The highest BCUT2D eigenvalue weighted by Gasteiger charge is 1.98. The van der Waals surface area contributed by atoms with E-state index < -0.39 is 0 Å². The van der Waals surface area contributed by atoms with Crippen LogP contribution in [0.1, 0.15) is 19.4 Å². The summed E-state index contributed by atoms with van der Waals surface area (Å²) in [7, 11) is 0. The molecule has 0 saturated heterocycles. The van der Waals surface area contributed by atoms with Crippen LogP contribution in [-0.4, -0.2) is 11.7 Å². The molecule has 0 spiro atoms. The summed E-state index contributed by atoms with van der Waals surface area (Å²) in [4.78, 5) is 0. The Morgan fingerprint density at radius 2 is 1.31 bits per heavy atom. The van der Waals surface area contributed by atoms with E-state index in [1.54, 1.807) is 24.3 Å². The minimum atomic E-state index is 0.267. The fourth-order valence-corrected chi connectivity index (χ4v) is 2.92. The van der Waals surface area contributed by atoms with Crippen molar-refractivity contribution < 1.29 is 9.84 Å². The number of fused-ring (bicyclic) bond motifs is 2. The zero-order chi connectivity index (χ0) is 18.4. The number of aryl methyl sites for hydroxylation is 1. The van der Waals surface area contributed by atoms with Crippen LogP contribution in [0, 0.1) is 0 Å². The van der Waals surface area contributed by atoms with Crippen molar-refractivity contribution >= 4 is 21.5 Å². The first-order valence-electron chi connectivity index (χ1n) is 9.03. The van der Waals surface area contributed by atoms with Crippen molar-refractivity contribution in [2.75, 3.05) is 6.61 Å². The molecule has 0 saturated carbocycles. The van der Waals surface area contributed by atoms with Gasteiger partial charge in [0.15, 0.2) is 0 Å². The maximum absolute atomic E-state index is 8.87. The quantitative estimate of drug-likeness (QED) is 0.439. The second-order valence-electron chi connectivity index (χ2n) is 6.16. The molecular weight excluding hydrogens is 320 g/mol. The van der Waals surface area contributed by atoms with Gasteiger partial charge in [0.05, 0.1) is 6.61 Å². The first kappa shape index (κ1) is 17.8. The SMILES string of the molecule is CCOc1ccc(O)cc1.CCc1ccc2cc3ccccc3cc2c1. The molecule has 0 radical (unpaired) electrons. The van der Waals surface area contributed by atoms with Gasteiger partial charge < -0.3 is 9.84 Å². The van der Waals surface area contributed by atoms with Gasteiger partial charge in [-0.25, -0.2) is 0 Å². The van der Waals surface area contributed by atoms with E-state index >= 15 is 0 Å². The number of aromatic hydroxyl groups is 1. The van der Waals surface area contributed by atoms with Crippen molar-refractivity contribution in [2.45, 2.75) is 20.3 Å². The van der Waals surface area contributed by atoms with Crippen LogP contribution in [0.15, 0.2) is 78.9 Å². The van der Waals surface area contributed by atoms with Gasteiger partial charge >= 0.3 is 0 Å². The van der Waals surface area contributed by atoms with E-state index in [1.165, 1.54) is 27.1 Å². The lowest BCUT2D eigenvalue weighted by molar-refractivity contribution is 0.339. The van der Waals surface area contributed by atoms with Crippen LogP contribution in [0.2, 0.25) is 0 Å². The van der Waals surface area contributed by atoms with Crippen molar-refractivity contribution in [2.24, 2.45) is 0 Å². The molecule has 0 fully saturated rings. The highest BCUT2D eigenvalue weighted by atomic mass is 16.5. The van der Waals surface area contributed by atoms with E-state index in [4.69, 9.17) is 9.84 Å². The third-order valence-corrected chi connectivity index (χ3v) is 4.33. The summed E-state index contributed by atoms with van der Waals surface area (Å²) >= 11 is 0. The molecule has 4 aromatic carbocycles. The van der Waals surface area contributed by atoms with Gasteiger partial charge in [-0.3, -0.25) is 0 Å². The van der Waals surface area contributed by atoms with Gasteiger partial charge in [0.2, 0.25) is 0 Å². The monoisotopic (exact) mass is 344 g/mol.